The topological polar surface area (TPSA) is 12.0 Å². The van der Waals surface area contributed by atoms with E-state index in [1.807, 2.05) is 0 Å². The number of halogens is 2. The summed E-state index contributed by atoms with van der Waals surface area (Å²) in [6.07, 6.45) is 4.74. The minimum Gasteiger partial charge on any atom is -0.311 e. The van der Waals surface area contributed by atoms with E-state index in [2.05, 4.69) is 12.2 Å². The summed E-state index contributed by atoms with van der Waals surface area (Å²) < 4.78 is 26.8. The smallest absolute Gasteiger partial charge is 0.252 e. The standard InChI is InChI=1S/C11H19F2N/c1-10(6-7-10)14-8-9-4-2-3-5-11(9,12)13/h9,14H,2-8H2,1H3. The summed E-state index contributed by atoms with van der Waals surface area (Å²) in [6, 6.07) is 0. The molecule has 0 bridgehead atoms. The predicted octanol–water partition coefficient (Wildman–Crippen LogP) is 2.95. The zero-order valence-corrected chi connectivity index (χ0v) is 8.78. The molecule has 82 valence electrons. The molecule has 2 aliphatic rings. The largest absolute Gasteiger partial charge is 0.311 e. The third-order valence-corrected chi connectivity index (χ3v) is 3.69. The van der Waals surface area contributed by atoms with E-state index in [4.69, 9.17) is 0 Å². The fraction of sp³-hybridized carbons (Fsp3) is 1.00. The molecule has 0 aromatic carbocycles. The van der Waals surface area contributed by atoms with Gasteiger partial charge in [-0.25, -0.2) is 8.78 Å². The Hall–Kier alpha value is -0.180. The van der Waals surface area contributed by atoms with Gasteiger partial charge in [0.25, 0.3) is 5.92 Å². The molecule has 2 aliphatic carbocycles. The first-order valence-corrected chi connectivity index (χ1v) is 5.65. The van der Waals surface area contributed by atoms with Crippen LogP contribution in [0.3, 0.4) is 0 Å². The van der Waals surface area contributed by atoms with E-state index in [0.29, 0.717) is 19.4 Å². The second-order valence-electron chi connectivity index (χ2n) is 5.15. The van der Waals surface area contributed by atoms with E-state index in [9.17, 15) is 8.78 Å². The highest BCUT2D eigenvalue weighted by atomic mass is 19.3. The van der Waals surface area contributed by atoms with E-state index in [1.54, 1.807) is 0 Å². The maximum Gasteiger partial charge on any atom is 0.252 e. The van der Waals surface area contributed by atoms with Crippen LogP contribution in [0.15, 0.2) is 0 Å². The van der Waals surface area contributed by atoms with Crippen LogP contribution < -0.4 is 5.32 Å². The van der Waals surface area contributed by atoms with Crippen LogP contribution in [0, 0.1) is 5.92 Å². The molecule has 3 heteroatoms. The Kier molecular flexibility index (Phi) is 2.54. The zero-order valence-electron chi connectivity index (χ0n) is 8.78. The van der Waals surface area contributed by atoms with Crippen molar-refractivity contribution in [3.63, 3.8) is 0 Å². The van der Waals surface area contributed by atoms with Crippen molar-refractivity contribution in [3.05, 3.63) is 0 Å². The van der Waals surface area contributed by atoms with Gasteiger partial charge in [-0.05, 0) is 32.6 Å². The van der Waals surface area contributed by atoms with Gasteiger partial charge in [-0.3, -0.25) is 0 Å². The van der Waals surface area contributed by atoms with Gasteiger partial charge in [-0.15, -0.1) is 0 Å². The predicted molar refractivity (Wildman–Crippen MR) is 52.5 cm³/mol. The third-order valence-electron chi connectivity index (χ3n) is 3.69. The number of rotatable bonds is 3. The number of nitrogens with one attached hydrogen (secondary N) is 1. The molecule has 0 spiro atoms. The summed E-state index contributed by atoms with van der Waals surface area (Å²) in [5.41, 5.74) is 0.188. The zero-order chi connectivity index (χ0) is 10.2. The molecule has 1 unspecified atom stereocenters. The lowest BCUT2D eigenvalue weighted by molar-refractivity contribution is -0.0850. The van der Waals surface area contributed by atoms with Crippen LogP contribution in [0.4, 0.5) is 8.78 Å². The van der Waals surface area contributed by atoms with Crippen LogP contribution in [0.2, 0.25) is 0 Å². The van der Waals surface area contributed by atoms with Crippen molar-refractivity contribution in [1.82, 2.24) is 5.32 Å². The molecule has 0 heterocycles. The first kappa shape index (κ1) is 10.3. The highest BCUT2D eigenvalue weighted by molar-refractivity contribution is 4.98. The van der Waals surface area contributed by atoms with E-state index in [-0.39, 0.29) is 12.0 Å². The quantitative estimate of drug-likeness (QED) is 0.743. The van der Waals surface area contributed by atoms with Gasteiger partial charge >= 0.3 is 0 Å². The van der Waals surface area contributed by atoms with Crippen molar-refractivity contribution >= 4 is 0 Å². The normalized spacial score (nSPS) is 34.1. The Morgan fingerprint density at radius 2 is 1.93 bits per heavy atom. The fourth-order valence-corrected chi connectivity index (χ4v) is 2.15. The SMILES string of the molecule is CC1(NCC2CCCCC2(F)F)CC1. The molecule has 2 rings (SSSR count). The van der Waals surface area contributed by atoms with Gasteiger partial charge in [-0.1, -0.05) is 6.42 Å². The third kappa shape index (κ3) is 2.25. The lowest BCUT2D eigenvalue weighted by Gasteiger charge is -2.32. The lowest BCUT2D eigenvalue weighted by Crippen LogP contribution is -2.42. The summed E-state index contributed by atoms with van der Waals surface area (Å²) in [5.74, 6) is -2.84. The molecule has 0 radical (unpaired) electrons. The molecule has 14 heavy (non-hydrogen) atoms. The first-order valence-electron chi connectivity index (χ1n) is 5.65. The molecule has 1 atom stereocenters. The second-order valence-corrected chi connectivity index (χ2v) is 5.15. The Bertz CT molecular complexity index is 211. The van der Waals surface area contributed by atoms with Crippen molar-refractivity contribution in [1.29, 1.82) is 0 Å². The molecule has 2 saturated carbocycles. The van der Waals surface area contributed by atoms with Gasteiger partial charge in [0.2, 0.25) is 0 Å². The van der Waals surface area contributed by atoms with Crippen LogP contribution in [0.25, 0.3) is 0 Å². The number of alkyl halides is 2. The minimum atomic E-state index is -2.42. The second kappa shape index (κ2) is 3.44. The van der Waals surface area contributed by atoms with Crippen molar-refractivity contribution in [3.8, 4) is 0 Å². The highest BCUT2D eigenvalue weighted by Gasteiger charge is 2.43. The molecule has 0 aliphatic heterocycles. The molecule has 0 aromatic heterocycles. The van der Waals surface area contributed by atoms with Gasteiger partial charge in [0.1, 0.15) is 0 Å². The van der Waals surface area contributed by atoms with Crippen molar-refractivity contribution in [2.75, 3.05) is 6.54 Å². The highest BCUT2D eigenvalue weighted by Crippen LogP contribution is 2.40. The van der Waals surface area contributed by atoms with E-state index < -0.39 is 11.8 Å². The number of hydrogen-bond acceptors (Lipinski definition) is 1. The molecule has 0 aromatic rings. The molecule has 1 N–H and O–H groups in total. The molecule has 2 fully saturated rings. The molecule has 0 saturated heterocycles. The maximum atomic E-state index is 13.4. The van der Waals surface area contributed by atoms with E-state index in [0.717, 1.165) is 19.3 Å². The maximum absolute atomic E-state index is 13.4. The Balaban J connectivity index is 1.82. The fourth-order valence-electron chi connectivity index (χ4n) is 2.15. The Morgan fingerprint density at radius 3 is 2.50 bits per heavy atom. The average Bonchev–Trinajstić information content (AvgIpc) is 2.82. The first-order chi connectivity index (χ1) is 6.52. The van der Waals surface area contributed by atoms with Crippen LogP contribution in [0.1, 0.15) is 45.4 Å². The number of hydrogen-bond donors (Lipinski definition) is 1. The summed E-state index contributed by atoms with van der Waals surface area (Å²) in [5, 5.41) is 3.28. The summed E-state index contributed by atoms with van der Waals surface area (Å²) >= 11 is 0. The van der Waals surface area contributed by atoms with Crippen LogP contribution in [-0.2, 0) is 0 Å². The van der Waals surface area contributed by atoms with Gasteiger partial charge in [-0.2, -0.15) is 0 Å². The van der Waals surface area contributed by atoms with Crippen LogP contribution in [0.5, 0.6) is 0 Å². The van der Waals surface area contributed by atoms with Crippen LogP contribution >= 0.6 is 0 Å². The molecule has 0 amide bonds. The van der Waals surface area contributed by atoms with Crippen molar-refractivity contribution < 1.29 is 8.78 Å². The van der Waals surface area contributed by atoms with Gasteiger partial charge in [0.05, 0.1) is 0 Å². The summed E-state index contributed by atoms with van der Waals surface area (Å²) in [4.78, 5) is 0. The minimum absolute atomic E-state index is 0.0933. The Labute approximate surface area is 84.3 Å². The van der Waals surface area contributed by atoms with Crippen molar-refractivity contribution in [2.45, 2.75) is 56.9 Å². The monoisotopic (exact) mass is 203 g/mol. The Morgan fingerprint density at radius 1 is 1.21 bits per heavy atom. The van der Waals surface area contributed by atoms with E-state index >= 15 is 0 Å². The molecular formula is C11H19F2N. The summed E-state index contributed by atoms with van der Waals surface area (Å²) in [6.45, 7) is 2.62. The lowest BCUT2D eigenvalue weighted by atomic mass is 9.85. The molecular weight excluding hydrogens is 184 g/mol. The summed E-state index contributed by atoms with van der Waals surface area (Å²) in [7, 11) is 0. The van der Waals surface area contributed by atoms with E-state index in [1.165, 1.54) is 0 Å². The van der Waals surface area contributed by atoms with Gasteiger partial charge < -0.3 is 5.32 Å². The molecule has 1 nitrogen and oxygen atoms in total. The van der Waals surface area contributed by atoms with Crippen LogP contribution in [-0.4, -0.2) is 18.0 Å². The van der Waals surface area contributed by atoms with Gasteiger partial charge in [0.15, 0.2) is 0 Å². The van der Waals surface area contributed by atoms with Gasteiger partial charge in [0, 0.05) is 24.4 Å². The average molecular weight is 203 g/mol. The van der Waals surface area contributed by atoms with Crippen molar-refractivity contribution in [2.24, 2.45) is 5.92 Å².